The molecule has 0 amide bonds. The second-order valence-electron chi connectivity index (χ2n) is 5.55. The number of rotatable bonds is 6. The van der Waals surface area contributed by atoms with Crippen molar-refractivity contribution in [3.63, 3.8) is 0 Å². The maximum absolute atomic E-state index is 4.46. The second-order valence-corrected chi connectivity index (χ2v) is 5.55. The van der Waals surface area contributed by atoms with Crippen LogP contribution < -0.4 is 5.32 Å². The van der Waals surface area contributed by atoms with E-state index >= 15 is 0 Å². The molecule has 0 aliphatic heterocycles. The van der Waals surface area contributed by atoms with Crippen molar-refractivity contribution in [1.29, 1.82) is 0 Å². The van der Waals surface area contributed by atoms with Gasteiger partial charge in [0.15, 0.2) is 0 Å². The van der Waals surface area contributed by atoms with Crippen LogP contribution in [0, 0.1) is 5.92 Å². The number of nitrogens with one attached hydrogen (secondary N) is 1. The number of para-hydroxylation sites is 1. The van der Waals surface area contributed by atoms with E-state index in [1.165, 1.54) is 36.6 Å². The molecule has 1 aliphatic carbocycles. The van der Waals surface area contributed by atoms with Crippen LogP contribution in [0.1, 0.15) is 44.2 Å². The van der Waals surface area contributed by atoms with Crippen molar-refractivity contribution >= 4 is 10.9 Å². The predicted octanol–water partition coefficient (Wildman–Crippen LogP) is 4.08. The van der Waals surface area contributed by atoms with Crippen LogP contribution in [0.3, 0.4) is 0 Å². The van der Waals surface area contributed by atoms with E-state index in [9.17, 15) is 0 Å². The van der Waals surface area contributed by atoms with Crippen molar-refractivity contribution in [1.82, 2.24) is 10.3 Å². The zero-order valence-corrected chi connectivity index (χ0v) is 11.6. The largest absolute Gasteiger partial charge is 0.310 e. The average Bonchev–Trinajstić information content (AvgIpc) is 3.27. The van der Waals surface area contributed by atoms with Crippen molar-refractivity contribution in [3.05, 3.63) is 42.1 Å². The Morgan fingerprint density at radius 2 is 2.11 bits per heavy atom. The lowest BCUT2D eigenvalue weighted by Crippen LogP contribution is -2.21. The first-order chi connectivity index (χ1) is 9.38. The van der Waals surface area contributed by atoms with Gasteiger partial charge in [0.2, 0.25) is 0 Å². The van der Waals surface area contributed by atoms with Gasteiger partial charge in [-0.3, -0.25) is 4.98 Å². The molecule has 1 fully saturated rings. The molecule has 0 radical (unpaired) electrons. The van der Waals surface area contributed by atoms with Gasteiger partial charge in [0.05, 0.1) is 5.52 Å². The maximum atomic E-state index is 4.46. The van der Waals surface area contributed by atoms with Gasteiger partial charge in [-0.25, -0.2) is 0 Å². The zero-order chi connectivity index (χ0) is 13.1. The quantitative estimate of drug-likeness (QED) is 0.840. The Morgan fingerprint density at radius 1 is 1.26 bits per heavy atom. The maximum Gasteiger partial charge on any atom is 0.0705 e. The first-order valence-corrected chi connectivity index (χ1v) is 7.45. The van der Waals surface area contributed by atoms with E-state index in [1.807, 2.05) is 6.20 Å². The molecule has 0 spiro atoms. The summed E-state index contributed by atoms with van der Waals surface area (Å²) < 4.78 is 0. The van der Waals surface area contributed by atoms with Gasteiger partial charge < -0.3 is 5.32 Å². The average molecular weight is 254 g/mol. The third-order valence-corrected chi connectivity index (χ3v) is 4.07. The standard InChI is InChI=1S/C17H22N2/c1-2-18-17(10-9-13-7-8-13)15-11-12-19-16-6-4-3-5-14(15)16/h3-6,11-13,17-18H,2,7-10H2,1H3. The van der Waals surface area contributed by atoms with Crippen LogP contribution in [0.2, 0.25) is 0 Å². The van der Waals surface area contributed by atoms with Crippen LogP contribution >= 0.6 is 0 Å². The number of benzene rings is 1. The van der Waals surface area contributed by atoms with E-state index in [-0.39, 0.29) is 0 Å². The lowest BCUT2D eigenvalue weighted by molar-refractivity contribution is 0.484. The first-order valence-electron chi connectivity index (χ1n) is 7.45. The summed E-state index contributed by atoms with van der Waals surface area (Å²) in [7, 11) is 0. The Hall–Kier alpha value is -1.41. The highest BCUT2D eigenvalue weighted by atomic mass is 14.9. The minimum atomic E-state index is 0.471. The topological polar surface area (TPSA) is 24.9 Å². The molecule has 19 heavy (non-hydrogen) atoms. The van der Waals surface area contributed by atoms with Crippen molar-refractivity contribution in [2.24, 2.45) is 5.92 Å². The molecule has 1 aliphatic rings. The Morgan fingerprint density at radius 3 is 2.89 bits per heavy atom. The third-order valence-electron chi connectivity index (χ3n) is 4.07. The fourth-order valence-electron chi connectivity index (χ4n) is 2.84. The molecule has 1 aromatic heterocycles. The Bertz CT molecular complexity index is 540. The highest BCUT2D eigenvalue weighted by molar-refractivity contribution is 5.82. The monoisotopic (exact) mass is 254 g/mol. The van der Waals surface area contributed by atoms with Gasteiger partial charge in [-0.1, -0.05) is 38.0 Å². The summed E-state index contributed by atoms with van der Waals surface area (Å²) in [6.45, 7) is 3.21. The van der Waals surface area contributed by atoms with Gasteiger partial charge in [0.1, 0.15) is 0 Å². The smallest absolute Gasteiger partial charge is 0.0705 e. The highest BCUT2D eigenvalue weighted by Crippen LogP contribution is 2.36. The first kappa shape index (κ1) is 12.6. The summed E-state index contributed by atoms with van der Waals surface area (Å²) in [6.07, 6.45) is 7.42. The van der Waals surface area contributed by atoms with Crippen LogP contribution in [0.25, 0.3) is 10.9 Å². The fraction of sp³-hybridized carbons (Fsp3) is 0.471. The lowest BCUT2D eigenvalue weighted by atomic mass is 9.97. The molecule has 1 saturated carbocycles. The Labute approximate surface area is 115 Å². The van der Waals surface area contributed by atoms with E-state index in [4.69, 9.17) is 0 Å². The van der Waals surface area contributed by atoms with Crippen molar-refractivity contribution in [2.75, 3.05) is 6.54 Å². The molecule has 3 rings (SSSR count). The van der Waals surface area contributed by atoms with Crippen LogP contribution in [-0.4, -0.2) is 11.5 Å². The van der Waals surface area contributed by atoms with E-state index in [0.717, 1.165) is 18.0 Å². The number of aromatic nitrogens is 1. The molecule has 2 aromatic rings. The molecule has 0 bridgehead atoms. The summed E-state index contributed by atoms with van der Waals surface area (Å²) in [5.74, 6) is 0.995. The second kappa shape index (κ2) is 5.70. The van der Waals surface area contributed by atoms with Gasteiger partial charge in [-0.15, -0.1) is 0 Å². The molecule has 1 aromatic carbocycles. The van der Waals surface area contributed by atoms with Gasteiger partial charge in [0.25, 0.3) is 0 Å². The molecule has 100 valence electrons. The van der Waals surface area contributed by atoms with E-state index in [1.54, 1.807) is 0 Å². The molecule has 1 atom stereocenters. The number of nitrogens with zero attached hydrogens (tertiary/aromatic N) is 1. The van der Waals surface area contributed by atoms with Crippen LogP contribution in [-0.2, 0) is 0 Å². The Kier molecular flexibility index (Phi) is 3.79. The van der Waals surface area contributed by atoms with E-state index in [0.29, 0.717) is 6.04 Å². The normalized spacial score (nSPS) is 16.7. The number of hydrogen-bond donors (Lipinski definition) is 1. The molecular formula is C17H22N2. The van der Waals surface area contributed by atoms with E-state index in [2.05, 4.69) is 47.6 Å². The SMILES string of the molecule is CCNC(CCC1CC1)c1ccnc2ccccc12. The molecule has 1 N–H and O–H groups in total. The minimum absolute atomic E-state index is 0.471. The summed E-state index contributed by atoms with van der Waals surface area (Å²) >= 11 is 0. The van der Waals surface area contributed by atoms with Crippen LogP contribution in [0.4, 0.5) is 0 Å². The minimum Gasteiger partial charge on any atom is -0.310 e. The van der Waals surface area contributed by atoms with Gasteiger partial charge >= 0.3 is 0 Å². The van der Waals surface area contributed by atoms with Crippen molar-refractivity contribution < 1.29 is 0 Å². The van der Waals surface area contributed by atoms with Crippen molar-refractivity contribution in [2.45, 2.75) is 38.6 Å². The number of pyridine rings is 1. The zero-order valence-electron chi connectivity index (χ0n) is 11.6. The molecule has 1 heterocycles. The molecule has 2 heteroatoms. The van der Waals surface area contributed by atoms with E-state index < -0.39 is 0 Å². The summed E-state index contributed by atoms with van der Waals surface area (Å²) in [5.41, 5.74) is 2.52. The molecule has 2 nitrogen and oxygen atoms in total. The fourth-order valence-corrected chi connectivity index (χ4v) is 2.84. The van der Waals surface area contributed by atoms with Gasteiger partial charge in [0, 0.05) is 17.6 Å². The molecular weight excluding hydrogens is 232 g/mol. The lowest BCUT2D eigenvalue weighted by Gasteiger charge is -2.20. The van der Waals surface area contributed by atoms with Crippen molar-refractivity contribution in [3.8, 4) is 0 Å². The summed E-state index contributed by atoms with van der Waals surface area (Å²) in [5, 5.41) is 4.94. The van der Waals surface area contributed by atoms with Gasteiger partial charge in [-0.2, -0.15) is 0 Å². The summed E-state index contributed by atoms with van der Waals surface area (Å²) in [6, 6.07) is 11.1. The number of fused-ring (bicyclic) bond motifs is 1. The van der Waals surface area contributed by atoms with Crippen LogP contribution in [0.15, 0.2) is 36.5 Å². The molecule has 1 unspecified atom stereocenters. The summed E-state index contributed by atoms with van der Waals surface area (Å²) in [4.78, 5) is 4.46. The third kappa shape index (κ3) is 2.95. The van der Waals surface area contributed by atoms with Gasteiger partial charge in [-0.05, 0) is 43.0 Å². The van der Waals surface area contributed by atoms with Crippen LogP contribution in [0.5, 0.6) is 0 Å². The predicted molar refractivity (Wildman–Crippen MR) is 80.1 cm³/mol. The Balaban J connectivity index is 1.89. The highest BCUT2D eigenvalue weighted by Gasteiger charge is 2.23. The molecule has 0 saturated heterocycles. The number of hydrogen-bond acceptors (Lipinski definition) is 2.